The molecule has 0 fully saturated rings. The number of nitrogens with zero attached hydrogens (tertiary/aromatic N) is 1. The Bertz CT molecular complexity index is 926. The molecule has 192 valence electrons. The third-order valence-electron chi connectivity index (χ3n) is 4.65. The fraction of sp³-hybridized carbons (Fsp3) is 0.333. The molecule has 2 rings (SSSR count). The second-order valence-electron chi connectivity index (χ2n) is 7.30. The van der Waals surface area contributed by atoms with Gasteiger partial charge in [0.15, 0.2) is 0 Å². The number of terminal acetylenes is 1. The standard InChI is InChI=1S/C15H19F3N2S2.C10H15N.C2H2/c1-3-13(12(19)8-14(20)15(16,17)18)22-9-10-5-4-6-11(7-10)21-2;1-3-11(2)9-10-7-5-4-6-8-10;1-2/h3-8,14H,9,19-20H2,1-2H3;4-8H,3,9H2,1-2H3;1-2H/b12-8-,13-3-;;. The topological polar surface area (TPSA) is 55.3 Å². The highest BCUT2D eigenvalue weighted by Gasteiger charge is 2.35. The van der Waals surface area contributed by atoms with E-state index in [1.807, 2.05) is 30.5 Å². The molecule has 0 radical (unpaired) electrons. The van der Waals surface area contributed by atoms with Crippen LogP contribution in [0.1, 0.15) is 25.0 Å². The minimum Gasteiger partial charge on any atom is -0.398 e. The summed E-state index contributed by atoms with van der Waals surface area (Å²) < 4.78 is 37.4. The van der Waals surface area contributed by atoms with Gasteiger partial charge in [0.25, 0.3) is 0 Å². The van der Waals surface area contributed by atoms with E-state index >= 15 is 0 Å². The van der Waals surface area contributed by atoms with Gasteiger partial charge < -0.3 is 16.4 Å². The summed E-state index contributed by atoms with van der Waals surface area (Å²) in [5.41, 5.74) is 13.3. The van der Waals surface area contributed by atoms with Crippen LogP contribution >= 0.6 is 23.5 Å². The molecule has 8 heteroatoms. The predicted octanol–water partition coefficient (Wildman–Crippen LogP) is 6.67. The van der Waals surface area contributed by atoms with Crippen molar-refractivity contribution in [2.24, 2.45) is 11.5 Å². The van der Waals surface area contributed by atoms with Crippen LogP contribution < -0.4 is 11.5 Å². The predicted molar refractivity (Wildman–Crippen MR) is 148 cm³/mol. The Hall–Kier alpha value is -2.31. The van der Waals surface area contributed by atoms with Crippen LogP contribution in [-0.2, 0) is 12.3 Å². The Balaban J connectivity index is 0.000000742. The normalized spacial score (nSPS) is 12.8. The summed E-state index contributed by atoms with van der Waals surface area (Å²) in [7, 11) is 2.13. The van der Waals surface area contributed by atoms with Crippen molar-refractivity contribution in [3.63, 3.8) is 0 Å². The first kappa shape index (κ1) is 32.7. The lowest BCUT2D eigenvalue weighted by Gasteiger charge is -2.14. The van der Waals surface area contributed by atoms with E-state index in [1.165, 1.54) is 17.3 Å². The number of allylic oxidation sites excluding steroid dienone is 1. The maximum absolute atomic E-state index is 12.5. The number of alkyl halides is 3. The summed E-state index contributed by atoms with van der Waals surface area (Å²) in [5.74, 6) is 0.629. The molecule has 1 unspecified atom stereocenters. The number of hydrogen-bond acceptors (Lipinski definition) is 5. The van der Waals surface area contributed by atoms with E-state index in [2.05, 4.69) is 62.0 Å². The Labute approximate surface area is 217 Å². The second-order valence-corrected chi connectivity index (χ2v) is 9.20. The molecule has 0 spiro atoms. The third kappa shape index (κ3) is 14.0. The van der Waals surface area contributed by atoms with E-state index < -0.39 is 12.2 Å². The van der Waals surface area contributed by atoms with Gasteiger partial charge in [-0.15, -0.1) is 36.4 Å². The smallest absolute Gasteiger partial charge is 0.398 e. The minimum absolute atomic E-state index is 0.0540. The first-order chi connectivity index (χ1) is 16.6. The molecule has 0 aliphatic rings. The molecule has 3 nitrogen and oxygen atoms in total. The molecule has 4 N–H and O–H groups in total. The molecule has 2 aromatic carbocycles. The van der Waals surface area contributed by atoms with Crippen molar-refractivity contribution >= 4 is 23.5 Å². The van der Waals surface area contributed by atoms with Crippen molar-refractivity contribution in [1.82, 2.24) is 4.90 Å². The highest BCUT2D eigenvalue weighted by atomic mass is 32.2. The number of thioether (sulfide) groups is 2. The number of halogens is 3. The van der Waals surface area contributed by atoms with E-state index in [0.717, 1.165) is 29.6 Å². The van der Waals surface area contributed by atoms with Gasteiger partial charge >= 0.3 is 6.18 Å². The van der Waals surface area contributed by atoms with E-state index in [-0.39, 0.29) is 5.70 Å². The molecule has 1 atom stereocenters. The maximum atomic E-state index is 12.5. The first-order valence-electron chi connectivity index (χ1n) is 10.9. The van der Waals surface area contributed by atoms with Crippen LogP contribution in [0.15, 0.2) is 82.2 Å². The summed E-state index contributed by atoms with van der Waals surface area (Å²) in [6.45, 7) is 6.07. The van der Waals surface area contributed by atoms with Crippen molar-refractivity contribution in [2.45, 2.75) is 43.3 Å². The lowest BCUT2D eigenvalue weighted by atomic mass is 10.2. The zero-order valence-corrected chi connectivity index (χ0v) is 22.4. The van der Waals surface area contributed by atoms with E-state index in [0.29, 0.717) is 10.7 Å². The summed E-state index contributed by atoms with van der Waals surface area (Å²) in [5, 5.41) is 0. The number of rotatable bonds is 9. The third-order valence-corrected chi connectivity index (χ3v) is 6.63. The largest absolute Gasteiger partial charge is 0.407 e. The monoisotopic (exact) mass is 523 g/mol. The molecule has 0 aliphatic heterocycles. The van der Waals surface area contributed by atoms with E-state index in [9.17, 15) is 13.2 Å². The zero-order chi connectivity index (χ0) is 26.9. The number of hydrogen-bond donors (Lipinski definition) is 2. The average molecular weight is 524 g/mol. The Morgan fingerprint density at radius 1 is 1.09 bits per heavy atom. The fourth-order valence-electron chi connectivity index (χ4n) is 2.63. The molecule has 0 aromatic heterocycles. The lowest BCUT2D eigenvalue weighted by Crippen LogP contribution is -2.36. The molecule has 0 amide bonds. The highest BCUT2D eigenvalue weighted by Crippen LogP contribution is 2.28. The van der Waals surface area contributed by atoms with Gasteiger partial charge in [-0.3, -0.25) is 0 Å². The van der Waals surface area contributed by atoms with Gasteiger partial charge in [0.2, 0.25) is 0 Å². The fourth-order valence-corrected chi connectivity index (χ4v) is 4.02. The van der Waals surface area contributed by atoms with E-state index in [4.69, 9.17) is 11.5 Å². The molecule has 35 heavy (non-hydrogen) atoms. The van der Waals surface area contributed by atoms with Crippen LogP contribution in [0.25, 0.3) is 0 Å². The number of nitrogens with two attached hydrogens (primary N) is 2. The van der Waals surface area contributed by atoms with Gasteiger partial charge in [0.1, 0.15) is 6.04 Å². The quantitative estimate of drug-likeness (QED) is 0.219. The van der Waals surface area contributed by atoms with Gasteiger partial charge in [-0.1, -0.05) is 55.5 Å². The van der Waals surface area contributed by atoms with Crippen LogP contribution in [0.4, 0.5) is 13.2 Å². The van der Waals surface area contributed by atoms with Crippen LogP contribution in [0.3, 0.4) is 0 Å². The highest BCUT2D eigenvalue weighted by molar-refractivity contribution is 8.02. The lowest BCUT2D eigenvalue weighted by molar-refractivity contribution is -0.137. The molecular formula is C27H36F3N3S2. The van der Waals surface area contributed by atoms with Gasteiger partial charge in [0.05, 0.1) is 0 Å². The first-order valence-corrected chi connectivity index (χ1v) is 13.1. The Morgan fingerprint density at radius 3 is 2.20 bits per heavy atom. The maximum Gasteiger partial charge on any atom is 0.407 e. The summed E-state index contributed by atoms with van der Waals surface area (Å²) in [4.78, 5) is 4.02. The van der Waals surface area contributed by atoms with Gasteiger partial charge in [0, 0.05) is 27.8 Å². The second kappa shape index (κ2) is 18.0. The molecular weight excluding hydrogens is 487 g/mol. The molecule has 0 saturated heterocycles. The molecule has 2 aromatic rings. The van der Waals surface area contributed by atoms with Crippen molar-refractivity contribution < 1.29 is 13.2 Å². The van der Waals surface area contributed by atoms with Gasteiger partial charge in [-0.25, -0.2) is 0 Å². The average Bonchev–Trinajstić information content (AvgIpc) is 2.86. The van der Waals surface area contributed by atoms with Crippen molar-refractivity contribution in [2.75, 3.05) is 19.8 Å². The van der Waals surface area contributed by atoms with Crippen LogP contribution in [0.5, 0.6) is 0 Å². The molecule has 0 bridgehead atoms. The molecule has 0 heterocycles. The van der Waals surface area contributed by atoms with Gasteiger partial charge in [-0.2, -0.15) is 13.2 Å². The SMILES string of the molecule is C#C.C/C=C(SCc1cccc(SC)c1)/C(N)=C/C(N)C(F)(F)F.CCN(C)Cc1ccccc1. The van der Waals surface area contributed by atoms with Crippen molar-refractivity contribution in [1.29, 1.82) is 0 Å². The Morgan fingerprint density at radius 2 is 1.69 bits per heavy atom. The molecule has 0 saturated carbocycles. The summed E-state index contributed by atoms with van der Waals surface area (Å²) in [6.07, 6.45) is 8.04. The molecule has 0 aliphatic carbocycles. The minimum atomic E-state index is -4.49. The number of benzene rings is 2. The zero-order valence-electron chi connectivity index (χ0n) is 20.8. The van der Waals surface area contributed by atoms with Crippen molar-refractivity contribution in [3.05, 3.63) is 88.5 Å². The van der Waals surface area contributed by atoms with Crippen LogP contribution in [0.2, 0.25) is 0 Å². The van der Waals surface area contributed by atoms with Crippen LogP contribution in [0, 0.1) is 12.8 Å². The summed E-state index contributed by atoms with van der Waals surface area (Å²) >= 11 is 3.03. The Kier molecular flexibility index (Phi) is 16.8. The van der Waals surface area contributed by atoms with Gasteiger partial charge in [-0.05, 0) is 56.1 Å². The summed E-state index contributed by atoms with van der Waals surface area (Å²) in [6, 6.07) is 16.5. The van der Waals surface area contributed by atoms with Crippen LogP contribution in [-0.4, -0.2) is 37.0 Å². The van der Waals surface area contributed by atoms with Crippen molar-refractivity contribution in [3.8, 4) is 12.8 Å². The van der Waals surface area contributed by atoms with E-state index in [1.54, 1.807) is 24.8 Å².